The second-order valence-corrected chi connectivity index (χ2v) is 9.23. The molecule has 0 amide bonds. The summed E-state index contributed by atoms with van der Waals surface area (Å²) < 4.78 is 13.4. The van der Waals surface area contributed by atoms with E-state index in [0.29, 0.717) is 23.4 Å². The van der Waals surface area contributed by atoms with E-state index in [1.807, 2.05) is 18.2 Å². The Labute approximate surface area is 110 Å². The normalized spacial score (nSPS) is 42.1. The van der Waals surface area contributed by atoms with E-state index in [1.165, 1.54) is 5.57 Å². The zero-order chi connectivity index (χ0) is 12.9. The van der Waals surface area contributed by atoms with Gasteiger partial charge in [0.15, 0.2) is 0 Å². The second-order valence-electron chi connectivity index (χ2n) is 6.09. The van der Waals surface area contributed by atoms with E-state index < -0.39 is 7.14 Å². The van der Waals surface area contributed by atoms with Gasteiger partial charge in [0.25, 0.3) is 0 Å². The van der Waals surface area contributed by atoms with Gasteiger partial charge in [-0.2, -0.15) is 0 Å². The lowest BCUT2D eigenvalue weighted by Gasteiger charge is -2.29. The monoisotopic (exact) mass is 260 g/mol. The minimum absolute atomic E-state index is 0.395. The molecule has 0 spiro atoms. The molecule has 3 unspecified atom stereocenters. The van der Waals surface area contributed by atoms with Crippen LogP contribution in [0, 0.1) is 17.8 Å². The average Bonchev–Trinajstić information content (AvgIpc) is 2.81. The maximum atomic E-state index is 13.4. The highest BCUT2D eigenvalue weighted by molar-refractivity contribution is 7.72. The Morgan fingerprint density at radius 1 is 1.33 bits per heavy atom. The summed E-state index contributed by atoms with van der Waals surface area (Å²) in [7, 11) is -2.16. The molecule has 1 aromatic rings. The van der Waals surface area contributed by atoms with Crippen LogP contribution < -0.4 is 5.30 Å². The number of allylic oxidation sites excluding steroid dienone is 1. The van der Waals surface area contributed by atoms with Crippen molar-refractivity contribution in [3.63, 3.8) is 0 Å². The predicted octanol–water partition coefficient (Wildman–Crippen LogP) is 3.91. The van der Waals surface area contributed by atoms with Crippen LogP contribution in [-0.2, 0) is 4.57 Å². The van der Waals surface area contributed by atoms with Crippen molar-refractivity contribution in [3.05, 3.63) is 42.5 Å². The van der Waals surface area contributed by atoms with Gasteiger partial charge in [-0.25, -0.2) is 0 Å². The highest BCUT2D eigenvalue weighted by Crippen LogP contribution is 2.69. The summed E-state index contributed by atoms with van der Waals surface area (Å²) in [6.07, 6.45) is 1.99. The summed E-state index contributed by atoms with van der Waals surface area (Å²) >= 11 is 0. The molecule has 1 saturated heterocycles. The SMILES string of the molecule is C=C(C)[C@H]1CC2C(C)[C@H]1CP2(=O)c1ccccc1. The molecule has 18 heavy (non-hydrogen) atoms. The molecule has 1 saturated carbocycles. The molecular formula is C16H21OP. The minimum Gasteiger partial charge on any atom is -0.318 e. The Balaban J connectivity index is 1.97. The van der Waals surface area contributed by atoms with Crippen molar-refractivity contribution in [1.29, 1.82) is 0 Å². The molecule has 1 nitrogen and oxygen atoms in total. The summed E-state index contributed by atoms with van der Waals surface area (Å²) in [5.41, 5.74) is 1.68. The number of fused-ring (bicyclic) bond motifs is 2. The lowest BCUT2D eigenvalue weighted by Crippen LogP contribution is -2.22. The number of hydrogen-bond acceptors (Lipinski definition) is 1. The van der Waals surface area contributed by atoms with E-state index in [1.54, 1.807) is 0 Å². The largest absolute Gasteiger partial charge is 0.318 e. The van der Waals surface area contributed by atoms with Gasteiger partial charge in [-0.3, -0.25) is 0 Å². The van der Waals surface area contributed by atoms with Crippen molar-refractivity contribution in [3.8, 4) is 0 Å². The van der Waals surface area contributed by atoms with Gasteiger partial charge >= 0.3 is 0 Å². The molecule has 1 heterocycles. The third kappa shape index (κ3) is 1.57. The minimum atomic E-state index is -2.16. The molecule has 1 aromatic carbocycles. The number of rotatable bonds is 2. The van der Waals surface area contributed by atoms with E-state index >= 15 is 0 Å². The van der Waals surface area contributed by atoms with Crippen molar-refractivity contribution in [1.82, 2.24) is 0 Å². The molecule has 2 heteroatoms. The Hall–Kier alpha value is -0.810. The number of benzene rings is 1. The third-order valence-corrected chi connectivity index (χ3v) is 9.03. The first-order valence-electron chi connectivity index (χ1n) is 6.84. The number of hydrogen-bond donors (Lipinski definition) is 0. The molecule has 0 N–H and O–H groups in total. The highest BCUT2D eigenvalue weighted by Gasteiger charge is 2.57. The second kappa shape index (κ2) is 4.10. The summed E-state index contributed by atoms with van der Waals surface area (Å²) in [6.45, 7) is 8.54. The molecule has 96 valence electrons. The van der Waals surface area contributed by atoms with E-state index in [9.17, 15) is 4.57 Å². The van der Waals surface area contributed by atoms with Crippen molar-refractivity contribution in [2.75, 3.05) is 6.16 Å². The fourth-order valence-electron chi connectivity index (χ4n) is 4.14. The van der Waals surface area contributed by atoms with Gasteiger partial charge in [0.05, 0.1) is 0 Å². The van der Waals surface area contributed by atoms with Crippen LogP contribution in [0.1, 0.15) is 20.3 Å². The van der Waals surface area contributed by atoms with Gasteiger partial charge in [0, 0.05) is 17.1 Å². The van der Waals surface area contributed by atoms with Gasteiger partial charge in [-0.15, -0.1) is 0 Å². The quantitative estimate of drug-likeness (QED) is 0.582. The molecule has 3 rings (SSSR count). The van der Waals surface area contributed by atoms with Crippen LogP contribution in [0.5, 0.6) is 0 Å². The first kappa shape index (κ1) is 12.2. The molecule has 0 radical (unpaired) electrons. The zero-order valence-electron chi connectivity index (χ0n) is 11.2. The van der Waals surface area contributed by atoms with Gasteiger partial charge in [-0.05, 0) is 31.1 Å². The molecule has 5 atom stereocenters. The zero-order valence-corrected chi connectivity index (χ0v) is 12.1. The maximum absolute atomic E-state index is 13.4. The topological polar surface area (TPSA) is 17.1 Å². The molecular weight excluding hydrogens is 239 g/mol. The lowest BCUT2D eigenvalue weighted by atomic mass is 9.88. The molecule has 2 aliphatic rings. The maximum Gasteiger partial charge on any atom is 0.119 e. The lowest BCUT2D eigenvalue weighted by molar-refractivity contribution is 0.413. The van der Waals surface area contributed by atoms with Crippen molar-refractivity contribution >= 4 is 12.4 Å². The van der Waals surface area contributed by atoms with E-state index in [4.69, 9.17) is 0 Å². The summed E-state index contributed by atoms with van der Waals surface area (Å²) in [4.78, 5) is 0. The van der Waals surface area contributed by atoms with Gasteiger partial charge in [0.2, 0.25) is 0 Å². The van der Waals surface area contributed by atoms with E-state index in [-0.39, 0.29) is 0 Å². The highest BCUT2D eigenvalue weighted by atomic mass is 31.2. The summed E-state index contributed by atoms with van der Waals surface area (Å²) in [5.74, 6) is 1.80. The molecule has 2 fully saturated rings. The third-order valence-electron chi connectivity index (χ3n) is 5.14. The Morgan fingerprint density at radius 3 is 2.50 bits per heavy atom. The standard InChI is InChI=1S/C16H21OP/c1-11(2)14-9-16-12(3)15(14)10-18(16,17)13-7-5-4-6-8-13/h4-8,12,14-16H,1,9-10H2,2-3H3/t12?,14-,15-,16?,18?/m1/s1. The van der Waals surface area contributed by atoms with E-state index in [0.717, 1.165) is 17.9 Å². The Morgan fingerprint density at radius 2 is 2.00 bits per heavy atom. The molecule has 1 aliphatic carbocycles. The van der Waals surface area contributed by atoms with Crippen LogP contribution in [0.4, 0.5) is 0 Å². The van der Waals surface area contributed by atoms with Crippen LogP contribution >= 0.6 is 7.14 Å². The van der Waals surface area contributed by atoms with Crippen LogP contribution in [-0.4, -0.2) is 11.8 Å². The van der Waals surface area contributed by atoms with Crippen molar-refractivity contribution in [2.24, 2.45) is 17.8 Å². The molecule has 0 aromatic heterocycles. The molecule has 1 aliphatic heterocycles. The van der Waals surface area contributed by atoms with Crippen molar-refractivity contribution < 1.29 is 4.57 Å². The van der Waals surface area contributed by atoms with Crippen LogP contribution in [0.25, 0.3) is 0 Å². The van der Waals surface area contributed by atoms with Gasteiger partial charge in [0.1, 0.15) is 7.14 Å². The first-order chi connectivity index (χ1) is 8.54. The molecule has 2 bridgehead atoms. The predicted molar refractivity (Wildman–Crippen MR) is 77.9 cm³/mol. The van der Waals surface area contributed by atoms with Gasteiger partial charge < -0.3 is 4.57 Å². The Bertz CT molecular complexity index is 519. The summed E-state index contributed by atoms with van der Waals surface area (Å²) in [6, 6.07) is 10.2. The summed E-state index contributed by atoms with van der Waals surface area (Å²) in [5, 5.41) is 1.10. The van der Waals surface area contributed by atoms with Crippen LogP contribution in [0.2, 0.25) is 0 Å². The smallest absolute Gasteiger partial charge is 0.119 e. The fourth-order valence-corrected chi connectivity index (χ4v) is 8.44. The Kier molecular flexibility index (Phi) is 2.79. The van der Waals surface area contributed by atoms with Crippen LogP contribution in [0.3, 0.4) is 0 Å². The fraction of sp³-hybridized carbons (Fsp3) is 0.500. The first-order valence-corrected chi connectivity index (χ1v) is 8.80. The van der Waals surface area contributed by atoms with Crippen molar-refractivity contribution in [2.45, 2.75) is 25.9 Å². The van der Waals surface area contributed by atoms with Crippen LogP contribution in [0.15, 0.2) is 42.5 Å². The van der Waals surface area contributed by atoms with E-state index in [2.05, 4.69) is 32.6 Å². The van der Waals surface area contributed by atoms with Gasteiger partial charge in [-0.1, -0.05) is 49.4 Å². The average molecular weight is 260 g/mol.